The van der Waals surface area contributed by atoms with Gasteiger partial charge in [-0.2, -0.15) is 0 Å². The summed E-state index contributed by atoms with van der Waals surface area (Å²) in [6, 6.07) is 11.9. The van der Waals surface area contributed by atoms with Crippen LogP contribution in [0.3, 0.4) is 0 Å². The first-order valence-electron chi connectivity index (χ1n) is 10.5. The molecule has 10 heteroatoms. The summed E-state index contributed by atoms with van der Waals surface area (Å²) in [5.41, 5.74) is 1.64. The van der Waals surface area contributed by atoms with Crippen molar-refractivity contribution in [1.82, 2.24) is 14.5 Å². The molecule has 1 N–H and O–H groups in total. The fourth-order valence-electron chi connectivity index (χ4n) is 4.17. The number of amides is 1. The van der Waals surface area contributed by atoms with Gasteiger partial charge in [0.1, 0.15) is 11.9 Å². The summed E-state index contributed by atoms with van der Waals surface area (Å²) in [5.74, 6) is 1.66. The van der Waals surface area contributed by atoms with E-state index in [4.69, 9.17) is 9.47 Å². The van der Waals surface area contributed by atoms with E-state index in [1.165, 1.54) is 6.07 Å². The van der Waals surface area contributed by atoms with E-state index < -0.39 is 16.1 Å². The number of hydrogen-bond donors (Lipinski definition) is 1. The topological polar surface area (TPSA) is 101 Å². The normalized spacial score (nSPS) is 21.3. The Morgan fingerprint density at radius 2 is 1.84 bits per heavy atom. The van der Waals surface area contributed by atoms with Crippen LogP contribution >= 0.6 is 0 Å². The van der Waals surface area contributed by atoms with Crippen molar-refractivity contribution in [2.24, 2.45) is 4.99 Å². The lowest BCUT2D eigenvalue weighted by Crippen LogP contribution is -2.50. The van der Waals surface area contributed by atoms with Crippen LogP contribution in [-0.4, -0.2) is 69.0 Å². The van der Waals surface area contributed by atoms with E-state index in [0.717, 1.165) is 36.7 Å². The molecule has 1 amide bonds. The maximum atomic E-state index is 12.9. The first-order valence-corrected chi connectivity index (χ1v) is 12.0. The molecule has 1 atom stereocenters. The first-order chi connectivity index (χ1) is 15.4. The fraction of sp³-hybridized carbons (Fsp3) is 0.364. The van der Waals surface area contributed by atoms with Crippen LogP contribution in [0.5, 0.6) is 11.5 Å². The van der Waals surface area contributed by atoms with Crippen molar-refractivity contribution in [3.05, 3.63) is 53.6 Å². The summed E-state index contributed by atoms with van der Waals surface area (Å²) >= 11 is 0. The minimum Gasteiger partial charge on any atom is -0.454 e. The average Bonchev–Trinajstić information content (AvgIpc) is 3.36. The smallest absolute Gasteiger partial charge is 0.263 e. The maximum Gasteiger partial charge on any atom is 0.263 e. The molecule has 0 bridgehead atoms. The van der Waals surface area contributed by atoms with Crippen molar-refractivity contribution in [2.75, 3.05) is 33.0 Å². The number of rotatable bonds is 4. The number of nitrogens with zero attached hydrogens (tertiary/aromatic N) is 3. The third-order valence-corrected chi connectivity index (χ3v) is 7.27. The van der Waals surface area contributed by atoms with Gasteiger partial charge in [-0.3, -0.25) is 19.4 Å². The Morgan fingerprint density at radius 3 is 2.66 bits per heavy atom. The Morgan fingerprint density at radius 1 is 1.09 bits per heavy atom. The van der Waals surface area contributed by atoms with E-state index in [1.807, 2.05) is 18.2 Å². The van der Waals surface area contributed by atoms with E-state index in [1.54, 1.807) is 30.0 Å². The first kappa shape index (κ1) is 20.8. The zero-order chi connectivity index (χ0) is 22.3. The van der Waals surface area contributed by atoms with Gasteiger partial charge in [0.15, 0.2) is 11.5 Å². The number of fused-ring (bicyclic) bond motifs is 2. The van der Waals surface area contributed by atoms with Crippen LogP contribution in [0.2, 0.25) is 0 Å². The van der Waals surface area contributed by atoms with Crippen molar-refractivity contribution < 1.29 is 22.7 Å². The SMILES string of the molecule is CC(N=C1NS(=O)(=O)c2ccccc21)C(=O)N1CCN(Cc2ccc3c(c2)OCO3)CC1. The second-order valence-corrected chi connectivity index (χ2v) is 9.70. The highest BCUT2D eigenvalue weighted by Crippen LogP contribution is 2.33. The molecule has 3 heterocycles. The standard InChI is InChI=1S/C22H24N4O5S/c1-15(23-21-17-4-2-3-5-20(17)32(28,29)24-21)22(27)26-10-8-25(9-11-26)13-16-6-7-18-19(12-16)31-14-30-18/h2-7,12,15H,8-11,13-14H2,1H3,(H,23,24). The molecule has 5 rings (SSSR count). The maximum absolute atomic E-state index is 12.9. The van der Waals surface area contributed by atoms with Gasteiger partial charge in [-0.25, -0.2) is 8.42 Å². The van der Waals surface area contributed by atoms with E-state index >= 15 is 0 Å². The van der Waals surface area contributed by atoms with Crippen LogP contribution in [0.25, 0.3) is 0 Å². The van der Waals surface area contributed by atoms with E-state index in [2.05, 4.69) is 14.6 Å². The second kappa shape index (κ2) is 8.10. The molecule has 9 nitrogen and oxygen atoms in total. The number of carbonyl (C=O) groups is 1. The molecule has 0 aliphatic carbocycles. The summed E-state index contributed by atoms with van der Waals surface area (Å²) in [5, 5.41) is 0. The van der Waals surface area contributed by atoms with Gasteiger partial charge in [-0.05, 0) is 36.8 Å². The molecule has 0 saturated carbocycles. The number of ether oxygens (including phenoxy) is 2. The molecule has 3 aliphatic heterocycles. The van der Waals surface area contributed by atoms with Gasteiger partial charge in [0.2, 0.25) is 12.7 Å². The van der Waals surface area contributed by atoms with E-state index in [-0.39, 0.29) is 23.4 Å². The quantitative estimate of drug-likeness (QED) is 0.742. The van der Waals surface area contributed by atoms with Crippen molar-refractivity contribution in [1.29, 1.82) is 0 Å². The third-order valence-electron chi connectivity index (χ3n) is 5.87. The van der Waals surface area contributed by atoms with Crippen LogP contribution < -0.4 is 14.2 Å². The lowest BCUT2D eigenvalue weighted by atomic mass is 10.1. The van der Waals surface area contributed by atoms with E-state index in [0.29, 0.717) is 18.7 Å². The summed E-state index contributed by atoms with van der Waals surface area (Å²) in [6.07, 6.45) is 0. The van der Waals surface area contributed by atoms with Gasteiger partial charge in [0, 0.05) is 38.3 Å². The largest absolute Gasteiger partial charge is 0.454 e. The van der Waals surface area contributed by atoms with Crippen LogP contribution in [-0.2, 0) is 21.4 Å². The minimum absolute atomic E-state index is 0.108. The van der Waals surface area contributed by atoms with Crippen molar-refractivity contribution in [3.63, 3.8) is 0 Å². The molecule has 1 unspecified atom stereocenters. The number of aliphatic imine (C=N–C) groups is 1. The van der Waals surface area contributed by atoms with Crippen LogP contribution in [0.15, 0.2) is 52.4 Å². The van der Waals surface area contributed by atoms with Gasteiger partial charge < -0.3 is 14.4 Å². The fourth-order valence-corrected chi connectivity index (χ4v) is 5.41. The number of sulfonamides is 1. The van der Waals surface area contributed by atoms with Gasteiger partial charge in [-0.1, -0.05) is 18.2 Å². The Labute approximate surface area is 186 Å². The molecule has 168 valence electrons. The van der Waals surface area contributed by atoms with Crippen molar-refractivity contribution >= 4 is 21.8 Å². The molecule has 32 heavy (non-hydrogen) atoms. The van der Waals surface area contributed by atoms with Crippen LogP contribution in [0, 0.1) is 0 Å². The monoisotopic (exact) mass is 456 g/mol. The minimum atomic E-state index is -3.62. The van der Waals surface area contributed by atoms with Gasteiger partial charge in [0.25, 0.3) is 10.0 Å². The molecule has 1 saturated heterocycles. The molecular weight excluding hydrogens is 432 g/mol. The highest BCUT2D eigenvalue weighted by Gasteiger charge is 2.32. The Bertz CT molecular complexity index is 1190. The number of hydrogen-bond acceptors (Lipinski definition) is 7. The number of amidine groups is 1. The molecule has 3 aliphatic rings. The summed E-state index contributed by atoms with van der Waals surface area (Å²) in [6.45, 7) is 5.42. The molecule has 1 fully saturated rings. The predicted molar refractivity (Wildman–Crippen MR) is 117 cm³/mol. The second-order valence-electron chi connectivity index (χ2n) is 8.04. The number of nitrogens with one attached hydrogen (secondary N) is 1. The van der Waals surface area contributed by atoms with Gasteiger partial charge >= 0.3 is 0 Å². The Balaban J connectivity index is 1.20. The average molecular weight is 457 g/mol. The number of piperazine rings is 1. The molecule has 2 aromatic rings. The zero-order valence-electron chi connectivity index (χ0n) is 17.7. The molecule has 0 spiro atoms. The zero-order valence-corrected chi connectivity index (χ0v) is 18.5. The Kier molecular flexibility index (Phi) is 5.26. The highest BCUT2D eigenvalue weighted by atomic mass is 32.2. The molecule has 0 aromatic heterocycles. The van der Waals surface area contributed by atoms with Crippen molar-refractivity contribution in [2.45, 2.75) is 24.4 Å². The van der Waals surface area contributed by atoms with Crippen LogP contribution in [0.4, 0.5) is 0 Å². The lowest BCUT2D eigenvalue weighted by molar-refractivity contribution is -0.133. The lowest BCUT2D eigenvalue weighted by Gasteiger charge is -2.35. The summed E-state index contributed by atoms with van der Waals surface area (Å²) in [4.78, 5) is 21.6. The number of benzene rings is 2. The number of carbonyl (C=O) groups excluding carboxylic acids is 1. The summed E-state index contributed by atoms with van der Waals surface area (Å²) < 4.78 is 37.8. The predicted octanol–water partition coefficient (Wildman–Crippen LogP) is 1.19. The van der Waals surface area contributed by atoms with Crippen molar-refractivity contribution in [3.8, 4) is 11.5 Å². The van der Waals surface area contributed by atoms with Gasteiger partial charge in [-0.15, -0.1) is 0 Å². The molecule has 0 radical (unpaired) electrons. The van der Waals surface area contributed by atoms with E-state index in [9.17, 15) is 13.2 Å². The van der Waals surface area contributed by atoms with Gasteiger partial charge in [0.05, 0.1) is 4.90 Å². The Hall–Kier alpha value is -3.11. The summed E-state index contributed by atoms with van der Waals surface area (Å²) in [7, 11) is -3.62. The molecular formula is C22H24N4O5S. The third kappa shape index (κ3) is 3.91. The highest BCUT2D eigenvalue weighted by molar-refractivity contribution is 7.90. The van der Waals surface area contributed by atoms with Crippen LogP contribution in [0.1, 0.15) is 18.1 Å². The molecule has 2 aromatic carbocycles.